The fourth-order valence-electron chi connectivity index (χ4n) is 5.45. The Balaban J connectivity index is 0.000000434. The minimum absolute atomic E-state index is 0. The minimum atomic E-state index is -0.125. The molecule has 0 amide bonds. The van der Waals surface area contributed by atoms with E-state index in [0.29, 0.717) is 0 Å². The fourth-order valence-corrected chi connectivity index (χ4v) is 5.45. The maximum Gasteiger partial charge on any atom is 0.155 e. The van der Waals surface area contributed by atoms with Gasteiger partial charge in [-0.1, -0.05) is 56.3 Å². The van der Waals surface area contributed by atoms with E-state index in [0.717, 1.165) is 33.5 Å². The zero-order chi connectivity index (χ0) is 28.6. The van der Waals surface area contributed by atoms with Crippen molar-refractivity contribution in [2.75, 3.05) is 0 Å². The molecule has 0 fully saturated rings. The number of allylic oxidation sites excluding steroid dienone is 2. The summed E-state index contributed by atoms with van der Waals surface area (Å²) in [6.45, 7) is 11.5. The number of fused-ring (bicyclic) bond motifs is 5. The summed E-state index contributed by atoms with van der Waals surface area (Å²) in [6, 6.07) is 31.6. The standard InChI is InChI=1S/C31H25N2.C5H8O2.Ir/c1-19-16-20(2)18-23(17-19)30-31-29(28-22(4)21(3)14-15-26(28)32-30)25-12-8-9-13-27(25)33(31)24-10-6-5-7-11-24;1-4(6)3-5(2)7;/h5-17H,1-4H3;3,6H,1-2H3;/q-1;;/b;4-3-;. The van der Waals surface area contributed by atoms with Crippen molar-refractivity contribution in [1.82, 2.24) is 9.55 Å². The molecular formula is C36H33IrN2O2-. The van der Waals surface area contributed by atoms with Gasteiger partial charge in [0.1, 0.15) is 0 Å². The number of hydrogen-bond donors (Lipinski definition) is 1. The number of pyridine rings is 1. The van der Waals surface area contributed by atoms with Gasteiger partial charge in [0.05, 0.1) is 16.8 Å². The van der Waals surface area contributed by atoms with E-state index < -0.39 is 0 Å². The molecule has 6 rings (SSSR count). The van der Waals surface area contributed by atoms with E-state index in [2.05, 4.69) is 117 Å². The molecule has 0 bridgehead atoms. The average molecular weight is 718 g/mol. The first-order chi connectivity index (χ1) is 19.2. The van der Waals surface area contributed by atoms with Crippen LogP contribution in [0.15, 0.2) is 90.7 Å². The van der Waals surface area contributed by atoms with Gasteiger partial charge in [-0.25, -0.2) is 0 Å². The minimum Gasteiger partial charge on any atom is -0.512 e. The predicted molar refractivity (Wildman–Crippen MR) is 166 cm³/mol. The number of carbonyl (C=O) groups excluding carboxylic acids is 1. The van der Waals surface area contributed by atoms with Crippen LogP contribution in [0.2, 0.25) is 0 Å². The Morgan fingerprint density at radius 2 is 1.56 bits per heavy atom. The number of aryl methyl sites for hydroxylation is 4. The molecular weight excluding hydrogens is 685 g/mol. The van der Waals surface area contributed by atoms with Crippen molar-refractivity contribution < 1.29 is 30.0 Å². The molecule has 0 saturated heterocycles. The number of ketones is 1. The quantitative estimate of drug-likeness (QED) is 0.113. The Hall–Kier alpha value is -4.05. The van der Waals surface area contributed by atoms with Crippen LogP contribution in [0.3, 0.4) is 0 Å². The third-order valence-electron chi connectivity index (χ3n) is 7.12. The van der Waals surface area contributed by atoms with Crippen molar-refractivity contribution in [2.24, 2.45) is 0 Å². The summed E-state index contributed by atoms with van der Waals surface area (Å²) < 4.78 is 2.37. The molecule has 209 valence electrons. The van der Waals surface area contributed by atoms with Crippen LogP contribution < -0.4 is 0 Å². The van der Waals surface area contributed by atoms with Crippen LogP contribution in [0, 0.1) is 33.8 Å². The summed E-state index contributed by atoms with van der Waals surface area (Å²) >= 11 is 0. The van der Waals surface area contributed by atoms with Gasteiger partial charge in [-0.15, -0.1) is 34.9 Å². The molecule has 6 aromatic rings. The molecule has 2 aromatic heterocycles. The Kier molecular flexibility index (Phi) is 8.92. The third kappa shape index (κ3) is 5.88. The number of aliphatic hydroxyl groups excluding tert-OH is 1. The zero-order valence-corrected chi connectivity index (χ0v) is 26.6. The van der Waals surface area contributed by atoms with Crippen LogP contribution in [-0.4, -0.2) is 20.4 Å². The molecule has 0 spiro atoms. The van der Waals surface area contributed by atoms with Crippen molar-refractivity contribution in [1.29, 1.82) is 0 Å². The number of para-hydroxylation sites is 2. The molecule has 0 aliphatic rings. The van der Waals surface area contributed by atoms with Crippen LogP contribution in [-0.2, 0) is 24.9 Å². The smallest absolute Gasteiger partial charge is 0.155 e. The Morgan fingerprint density at radius 3 is 2.20 bits per heavy atom. The molecule has 2 heterocycles. The van der Waals surface area contributed by atoms with E-state index in [1.165, 1.54) is 58.3 Å². The third-order valence-corrected chi connectivity index (χ3v) is 7.12. The summed E-state index contributed by atoms with van der Waals surface area (Å²) in [4.78, 5) is 15.3. The number of nitrogens with zero attached hydrogens (tertiary/aromatic N) is 2. The van der Waals surface area contributed by atoms with Gasteiger partial charge >= 0.3 is 0 Å². The SMILES string of the molecule is CC(=O)/C=C(/C)O.Cc1[c-]c(-c2nc3ccc(C)c(C)c3c3c4ccccc4n(-c4ccccc4)c23)cc(C)c1.[Ir]. The van der Waals surface area contributed by atoms with Crippen molar-refractivity contribution in [3.05, 3.63) is 119 Å². The van der Waals surface area contributed by atoms with Gasteiger partial charge in [0.15, 0.2) is 5.78 Å². The summed E-state index contributed by atoms with van der Waals surface area (Å²) in [5, 5.41) is 12.1. The molecule has 4 aromatic carbocycles. The van der Waals surface area contributed by atoms with Gasteiger partial charge in [0.25, 0.3) is 0 Å². The Morgan fingerprint density at radius 1 is 0.878 bits per heavy atom. The van der Waals surface area contributed by atoms with E-state index in [4.69, 9.17) is 10.1 Å². The molecule has 0 unspecified atom stereocenters. The van der Waals surface area contributed by atoms with Gasteiger partial charge in [-0.3, -0.25) is 9.78 Å². The number of hydrogen-bond acceptors (Lipinski definition) is 3. The van der Waals surface area contributed by atoms with Gasteiger partial charge in [0.2, 0.25) is 0 Å². The molecule has 41 heavy (non-hydrogen) atoms. The van der Waals surface area contributed by atoms with Gasteiger partial charge < -0.3 is 9.67 Å². The summed E-state index contributed by atoms with van der Waals surface area (Å²) in [7, 11) is 0. The maximum atomic E-state index is 10.0. The zero-order valence-electron chi connectivity index (χ0n) is 24.2. The summed E-state index contributed by atoms with van der Waals surface area (Å²) in [5.74, 6) is -0.0625. The van der Waals surface area contributed by atoms with Gasteiger partial charge in [0, 0.05) is 59.2 Å². The van der Waals surface area contributed by atoms with Crippen LogP contribution in [0.5, 0.6) is 0 Å². The van der Waals surface area contributed by atoms with E-state index in [1.54, 1.807) is 0 Å². The van der Waals surface area contributed by atoms with Crippen LogP contribution >= 0.6 is 0 Å². The van der Waals surface area contributed by atoms with E-state index in [1.807, 2.05) is 0 Å². The first-order valence-electron chi connectivity index (χ1n) is 13.4. The molecule has 5 heteroatoms. The normalized spacial score (nSPS) is 11.3. The number of aliphatic hydroxyl groups is 1. The summed E-state index contributed by atoms with van der Waals surface area (Å²) in [5.41, 5.74) is 11.4. The average Bonchev–Trinajstić information content (AvgIpc) is 3.25. The Labute approximate surface area is 254 Å². The van der Waals surface area contributed by atoms with Crippen LogP contribution in [0.1, 0.15) is 36.1 Å². The number of aromatic nitrogens is 2. The molecule has 1 N–H and O–H groups in total. The second-order valence-electron chi connectivity index (χ2n) is 10.4. The molecule has 0 saturated carbocycles. The van der Waals surface area contributed by atoms with Crippen molar-refractivity contribution >= 4 is 38.5 Å². The maximum absolute atomic E-state index is 10.0. The monoisotopic (exact) mass is 718 g/mol. The molecule has 4 nitrogen and oxygen atoms in total. The molecule has 1 radical (unpaired) electrons. The first-order valence-corrected chi connectivity index (χ1v) is 13.4. The molecule has 0 atom stereocenters. The Bertz CT molecular complexity index is 1910. The topological polar surface area (TPSA) is 55.1 Å². The van der Waals surface area contributed by atoms with E-state index in [-0.39, 0.29) is 31.6 Å². The largest absolute Gasteiger partial charge is 0.512 e. The van der Waals surface area contributed by atoms with Crippen molar-refractivity contribution in [2.45, 2.75) is 41.5 Å². The van der Waals surface area contributed by atoms with Crippen molar-refractivity contribution in [3.8, 4) is 16.9 Å². The van der Waals surface area contributed by atoms with Crippen LogP contribution in [0.4, 0.5) is 0 Å². The van der Waals surface area contributed by atoms with Gasteiger partial charge in [-0.05, 0) is 63.1 Å². The fraction of sp³-hybridized carbons (Fsp3) is 0.167. The van der Waals surface area contributed by atoms with E-state index >= 15 is 0 Å². The number of benzene rings is 4. The number of rotatable bonds is 3. The van der Waals surface area contributed by atoms with Crippen LogP contribution in [0.25, 0.3) is 49.7 Å². The molecule has 0 aliphatic heterocycles. The summed E-state index contributed by atoms with van der Waals surface area (Å²) in [6.07, 6.45) is 1.17. The van der Waals surface area contributed by atoms with Gasteiger partial charge in [-0.2, -0.15) is 0 Å². The second kappa shape index (κ2) is 12.2. The molecule has 0 aliphatic carbocycles. The first kappa shape index (κ1) is 29.9. The number of carbonyl (C=O) groups is 1. The van der Waals surface area contributed by atoms with E-state index in [9.17, 15) is 4.79 Å². The predicted octanol–water partition coefficient (Wildman–Crippen LogP) is 9.07. The second-order valence-corrected chi connectivity index (χ2v) is 10.4. The van der Waals surface area contributed by atoms with Crippen molar-refractivity contribution in [3.63, 3.8) is 0 Å².